The zero-order valence-electron chi connectivity index (χ0n) is 17.1. The van der Waals surface area contributed by atoms with Crippen molar-refractivity contribution in [2.45, 2.75) is 38.7 Å². The van der Waals surface area contributed by atoms with Crippen molar-refractivity contribution in [3.8, 4) is 11.5 Å². The van der Waals surface area contributed by atoms with Gasteiger partial charge in [0.05, 0.1) is 5.92 Å². The van der Waals surface area contributed by atoms with Crippen molar-refractivity contribution < 1.29 is 28.6 Å². The van der Waals surface area contributed by atoms with Crippen LogP contribution in [0, 0.1) is 0 Å². The number of benzene rings is 2. The molecule has 0 unspecified atom stereocenters. The van der Waals surface area contributed by atoms with E-state index in [1.54, 1.807) is 31.2 Å². The van der Waals surface area contributed by atoms with Crippen LogP contribution in [0.25, 0.3) is 0 Å². The van der Waals surface area contributed by atoms with Crippen LogP contribution in [0.1, 0.15) is 48.2 Å². The number of hydrogen-bond acceptors (Lipinski definition) is 6. The van der Waals surface area contributed by atoms with E-state index in [4.69, 9.17) is 14.2 Å². The number of amides is 1. The molecule has 0 aliphatic carbocycles. The summed E-state index contributed by atoms with van der Waals surface area (Å²) in [5.41, 5.74) is 2.57. The number of nitrogens with one attached hydrogen (secondary N) is 1. The first kappa shape index (κ1) is 19.9. The third-order valence-electron chi connectivity index (χ3n) is 5.26. The first-order chi connectivity index (χ1) is 14.2. The number of carbonyl (C=O) groups excluding carboxylic acids is 3. The van der Waals surface area contributed by atoms with Gasteiger partial charge in [0.15, 0.2) is 30.5 Å². The molecule has 0 spiro atoms. The monoisotopic (exact) mass is 409 g/mol. The van der Waals surface area contributed by atoms with Crippen LogP contribution in [0.3, 0.4) is 0 Å². The second kappa shape index (κ2) is 7.48. The van der Waals surface area contributed by atoms with Crippen LogP contribution in [0.15, 0.2) is 36.4 Å². The van der Waals surface area contributed by atoms with Crippen LogP contribution in [-0.4, -0.2) is 36.5 Å². The Morgan fingerprint density at radius 3 is 2.80 bits per heavy atom. The van der Waals surface area contributed by atoms with Crippen LogP contribution < -0.4 is 14.8 Å². The number of anilines is 1. The molecule has 0 fully saturated rings. The van der Waals surface area contributed by atoms with E-state index in [1.165, 1.54) is 0 Å². The number of hydrogen-bond donors (Lipinski definition) is 1. The highest BCUT2D eigenvalue weighted by Crippen LogP contribution is 2.41. The quantitative estimate of drug-likeness (QED) is 0.582. The summed E-state index contributed by atoms with van der Waals surface area (Å²) in [4.78, 5) is 36.2. The summed E-state index contributed by atoms with van der Waals surface area (Å²) >= 11 is 0. The Morgan fingerprint density at radius 1 is 1.20 bits per heavy atom. The van der Waals surface area contributed by atoms with Gasteiger partial charge in [0.2, 0.25) is 5.91 Å². The number of fused-ring (bicyclic) bond motifs is 2. The van der Waals surface area contributed by atoms with Gasteiger partial charge in [0.1, 0.15) is 5.60 Å². The molecule has 0 saturated heterocycles. The fourth-order valence-electron chi connectivity index (χ4n) is 3.70. The second-order valence-corrected chi connectivity index (χ2v) is 8.17. The molecule has 1 amide bonds. The molecule has 4 rings (SSSR count). The van der Waals surface area contributed by atoms with E-state index in [9.17, 15) is 14.4 Å². The molecule has 0 saturated carbocycles. The minimum Gasteiger partial charge on any atom is -0.483 e. The third-order valence-corrected chi connectivity index (χ3v) is 5.26. The number of ether oxygens (including phenoxy) is 3. The molecule has 0 radical (unpaired) electrons. The fourth-order valence-corrected chi connectivity index (χ4v) is 3.70. The molecule has 156 valence electrons. The van der Waals surface area contributed by atoms with Crippen LogP contribution in [0.4, 0.5) is 5.69 Å². The standard InChI is InChI=1S/C23H23NO6/c1-13-16-9-14(7-8-17(16)24-22(13)27)18(25)11-29-20(26)12-28-19-6-4-5-15-10-23(2,3)30-21(15)19/h4-9,13H,10-12H2,1-3H3,(H,24,27)/t13-/m1/s1. The van der Waals surface area contributed by atoms with Gasteiger partial charge in [-0.05, 0) is 50.6 Å². The van der Waals surface area contributed by atoms with Gasteiger partial charge in [0.25, 0.3) is 0 Å². The highest BCUT2D eigenvalue weighted by atomic mass is 16.6. The predicted molar refractivity (Wildman–Crippen MR) is 109 cm³/mol. The second-order valence-electron chi connectivity index (χ2n) is 8.17. The van der Waals surface area contributed by atoms with Gasteiger partial charge in [-0.15, -0.1) is 0 Å². The minimum atomic E-state index is -0.649. The van der Waals surface area contributed by atoms with Gasteiger partial charge >= 0.3 is 5.97 Å². The number of para-hydroxylation sites is 1. The lowest BCUT2D eigenvalue weighted by Crippen LogP contribution is -2.25. The Morgan fingerprint density at radius 2 is 2.00 bits per heavy atom. The van der Waals surface area contributed by atoms with E-state index >= 15 is 0 Å². The van der Waals surface area contributed by atoms with Gasteiger partial charge < -0.3 is 19.5 Å². The van der Waals surface area contributed by atoms with Crippen molar-refractivity contribution in [3.05, 3.63) is 53.1 Å². The lowest BCUT2D eigenvalue weighted by molar-refractivity contribution is -0.144. The van der Waals surface area contributed by atoms with E-state index in [-0.39, 0.29) is 29.8 Å². The van der Waals surface area contributed by atoms with E-state index in [0.717, 1.165) is 17.5 Å². The maximum absolute atomic E-state index is 12.4. The highest BCUT2D eigenvalue weighted by Gasteiger charge is 2.32. The van der Waals surface area contributed by atoms with E-state index < -0.39 is 12.6 Å². The lowest BCUT2D eigenvalue weighted by Gasteiger charge is -2.18. The molecule has 30 heavy (non-hydrogen) atoms. The summed E-state index contributed by atoms with van der Waals surface area (Å²) in [6.45, 7) is 5.03. The molecule has 7 nitrogen and oxygen atoms in total. The van der Waals surface area contributed by atoms with Crippen LogP contribution in [0.5, 0.6) is 11.5 Å². The van der Waals surface area contributed by atoms with E-state index in [0.29, 0.717) is 22.7 Å². The molecular formula is C23H23NO6. The van der Waals surface area contributed by atoms with Crippen molar-refractivity contribution in [2.75, 3.05) is 18.5 Å². The number of carbonyl (C=O) groups is 3. The van der Waals surface area contributed by atoms with Gasteiger partial charge in [-0.25, -0.2) is 4.79 Å². The fraction of sp³-hybridized carbons (Fsp3) is 0.348. The highest BCUT2D eigenvalue weighted by molar-refractivity contribution is 6.05. The SMILES string of the molecule is C[C@H]1C(=O)Nc2ccc(C(=O)COC(=O)COc3cccc4c3OC(C)(C)C4)cc21. The molecule has 0 bridgehead atoms. The molecule has 7 heteroatoms. The van der Waals surface area contributed by atoms with Crippen molar-refractivity contribution in [1.29, 1.82) is 0 Å². The molecule has 2 aliphatic heterocycles. The summed E-state index contributed by atoms with van der Waals surface area (Å²) in [5.74, 6) is -0.290. The molecular weight excluding hydrogens is 386 g/mol. The van der Waals surface area contributed by atoms with Crippen molar-refractivity contribution in [3.63, 3.8) is 0 Å². The maximum Gasteiger partial charge on any atom is 0.344 e. The molecule has 1 N–H and O–H groups in total. The molecule has 2 heterocycles. The molecule has 1 atom stereocenters. The van der Waals surface area contributed by atoms with Crippen molar-refractivity contribution >= 4 is 23.3 Å². The van der Waals surface area contributed by atoms with Gasteiger partial charge in [-0.1, -0.05) is 12.1 Å². The smallest absolute Gasteiger partial charge is 0.344 e. The predicted octanol–water partition coefficient (Wildman–Crippen LogP) is 3.26. The van der Waals surface area contributed by atoms with Crippen LogP contribution >= 0.6 is 0 Å². The summed E-state index contributed by atoms with van der Waals surface area (Å²) in [5, 5.41) is 2.76. The zero-order chi connectivity index (χ0) is 21.5. The Hall–Kier alpha value is -3.35. The lowest BCUT2D eigenvalue weighted by atomic mass is 9.99. The number of rotatable bonds is 6. The molecule has 2 aromatic carbocycles. The van der Waals surface area contributed by atoms with Gasteiger partial charge in [-0.2, -0.15) is 0 Å². The Kier molecular flexibility index (Phi) is 4.97. The third kappa shape index (κ3) is 3.87. The normalized spacial score (nSPS) is 18.1. The van der Waals surface area contributed by atoms with Gasteiger partial charge in [-0.3, -0.25) is 9.59 Å². The Labute approximate surface area is 174 Å². The molecule has 2 aromatic rings. The summed E-state index contributed by atoms with van der Waals surface area (Å²) < 4.78 is 16.5. The van der Waals surface area contributed by atoms with Crippen LogP contribution in [-0.2, 0) is 20.7 Å². The summed E-state index contributed by atoms with van der Waals surface area (Å²) in [6, 6.07) is 10.5. The zero-order valence-corrected chi connectivity index (χ0v) is 17.1. The number of Topliss-reactive ketones (excluding diaryl/α,β-unsaturated/α-hetero) is 1. The minimum absolute atomic E-state index is 0.0991. The van der Waals surface area contributed by atoms with E-state index in [2.05, 4.69) is 5.32 Å². The van der Waals surface area contributed by atoms with Crippen LogP contribution in [0.2, 0.25) is 0 Å². The average Bonchev–Trinajstić information content (AvgIpc) is 3.18. The molecule has 2 aliphatic rings. The Bertz CT molecular complexity index is 1040. The summed E-state index contributed by atoms with van der Waals surface area (Å²) in [6.07, 6.45) is 0.763. The Balaban J connectivity index is 1.32. The van der Waals surface area contributed by atoms with Crippen molar-refractivity contribution in [1.82, 2.24) is 0 Å². The maximum atomic E-state index is 12.4. The van der Waals surface area contributed by atoms with Gasteiger partial charge in [0, 0.05) is 23.2 Å². The van der Waals surface area contributed by atoms with E-state index in [1.807, 2.05) is 26.0 Å². The van der Waals surface area contributed by atoms with Crippen molar-refractivity contribution in [2.24, 2.45) is 0 Å². The number of esters is 1. The average molecular weight is 409 g/mol. The topological polar surface area (TPSA) is 90.9 Å². The summed E-state index contributed by atoms with van der Waals surface area (Å²) in [7, 11) is 0. The number of ketones is 1. The molecule has 0 aromatic heterocycles. The first-order valence-corrected chi connectivity index (χ1v) is 9.81. The largest absolute Gasteiger partial charge is 0.483 e. The first-order valence-electron chi connectivity index (χ1n) is 9.81.